The third kappa shape index (κ3) is 11.9. The van der Waals surface area contributed by atoms with Crippen LogP contribution in [0.4, 0.5) is 0 Å². The smallest absolute Gasteiger partial charge is 0.320 e. The average molecular weight is 441 g/mol. The summed E-state index contributed by atoms with van der Waals surface area (Å²) in [6.45, 7) is 17.2. The maximum atomic E-state index is 12.4. The van der Waals surface area contributed by atoms with Crippen molar-refractivity contribution < 1.29 is 19.4 Å². The highest BCUT2D eigenvalue weighted by molar-refractivity contribution is 5.73. The van der Waals surface area contributed by atoms with Crippen molar-refractivity contribution in [1.82, 2.24) is 14.7 Å². The van der Waals surface area contributed by atoms with Crippen LogP contribution in [0, 0.1) is 5.41 Å². The molecule has 0 saturated carbocycles. The number of carbonyl (C=O) groups is 2. The van der Waals surface area contributed by atoms with Crippen LogP contribution in [0.25, 0.3) is 10.4 Å². The molecular formula is C21H40N6O4. The molecule has 10 heteroatoms. The molecule has 0 aromatic rings. The molecule has 0 aromatic heterocycles. The minimum atomic E-state index is -0.923. The highest BCUT2D eigenvalue weighted by Gasteiger charge is 2.29. The normalized spacial score (nSPS) is 18.9. The quantitative estimate of drug-likeness (QED) is 0.266. The fraction of sp³-hybridized carbons (Fsp3) is 0.905. The highest BCUT2D eigenvalue weighted by Crippen LogP contribution is 2.17. The van der Waals surface area contributed by atoms with Crippen LogP contribution >= 0.6 is 0 Å². The number of hydrogen-bond acceptors (Lipinski definition) is 7. The summed E-state index contributed by atoms with van der Waals surface area (Å²) in [6.07, 6.45) is 0.255. The number of carboxylic acid groups (broad SMARTS) is 1. The van der Waals surface area contributed by atoms with Crippen LogP contribution in [0.1, 0.15) is 48.0 Å². The van der Waals surface area contributed by atoms with Crippen LogP contribution in [0.15, 0.2) is 5.11 Å². The van der Waals surface area contributed by atoms with Gasteiger partial charge in [-0.1, -0.05) is 25.9 Å². The van der Waals surface area contributed by atoms with Crippen molar-refractivity contribution in [1.29, 1.82) is 0 Å². The van der Waals surface area contributed by atoms with Gasteiger partial charge in [-0.3, -0.25) is 19.4 Å². The molecule has 0 aromatic carbocycles. The maximum Gasteiger partial charge on any atom is 0.320 e. The van der Waals surface area contributed by atoms with Crippen molar-refractivity contribution in [3.05, 3.63) is 10.4 Å². The molecule has 1 aliphatic heterocycles. The van der Waals surface area contributed by atoms with E-state index in [4.69, 9.17) is 10.3 Å². The summed E-state index contributed by atoms with van der Waals surface area (Å²) < 4.78 is 5.48. The Morgan fingerprint density at radius 3 is 2.10 bits per heavy atom. The first-order chi connectivity index (χ1) is 14.3. The van der Waals surface area contributed by atoms with Crippen LogP contribution in [-0.4, -0.2) is 102 Å². The molecular weight excluding hydrogens is 400 g/mol. The Kier molecular flexibility index (Phi) is 10.7. The van der Waals surface area contributed by atoms with E-state index in [9.17, 15) is 14.7 Å². The Balaban J connectivity index is 2.97. The number of azide groups is 1. The Hall–Kier alpha value is -1.87. The summed E-state index contributed by atoms with van der Waals surface area (Å²) in [5.41, 5.74) is 8.08. The molecule has 0 radical (unpaired) electrons. The average Bonchev–Trinajstić information content (AvgIpc) is 2.68. The molecule has 0 bridgehead atoms. The number of carboxylic acids is 1. The number of esters is 1. The van der Waals surface area contributed by atoms with E-state index in [0.717, 1.165) is 19.6 Å². The fourth-order valence-electron chi connectivity index (χ4n) is 3.70. The third-order valence-corrected chi connectivity index (χ3v) is 4.90. The Labute approximate surface area is 186 Å². The summed E-state index contributed by atoms with van der Waals surface area (Å²) in [4.78, 5) is 33.3. The zero-order valence-electron chi connectivity index (χ0n) is 20.0. The lowest BCUT2D eigenvalue weighted by atomic mass is 9.96. The van der Waals surface area contributed by atoms with E-state index < -0.39 is 17.6 Å². The van der Waals surface area contributed by atoms with E-state index in [2.05, 4.69) is 35.7 Å². The molecule has 1 unspecified atom stereocenters. The van der Waals surface area contributed by atoms with Crippen molar-refractivity contribution in [2.45, 2.75) is 59.6 Å². The molecule has 1 saturated heterocycles. The number of hydrogen-bond donors (Lipinski definition) is 1. The summed E-state index contributed by atoms with van der Waals surface area (Å²) in [7, 11) is 0. The van der Waals surface area contributed by atoms with E-state index in [1.165, 1.54) is 0 Å². The van der Waals surface area contributed by atoms with Crippen molar-refractivity contribution in [2.24, 2.45) is 10.5 Å². The molecule has 0 spiro atoms. The fourth-order valence-corrected chi connectivity index (χ4v) is 3.70. The minimum Gasteiger partial charge on any atom is -0.480 e. The van der Waals surface area contributed by atoms with E-state index in [0.29, 0.717) is 26.2 Å². The van der Waals surface area contributed by atoms with Gasteiger partial charge in [-0.25, -0.2) is 0 Å². The number of carbonyl (C=O) groups excluding carboxylic acids is 1. The van der Waals surface area contributed by atoms with Gasteiger partial charge in [0, 0.05) is 57.3 Å². The van der Waals surface area contributed by atoms with Crippen molar-refractivity contribution in [3.8, 4) is 0 Å². The summed E-state index contributed by atoms with van der Waals surface area (Å²) in [5.74, 6) is -1.20. The Morgan fingerprint density at radius 2 is 1.58 bits per heavy atom. The van der Waals surface area contributed by atoms with Crippen LogP contribution in [0.2, 0.25) is 0 Å². The van der Waals surface area contributed by atoms with Gasteiger partial charge in [-0.15, -0.1) is 0 Å². The van der Waals surface area contributed by atoms with Gasteiger partial charge < -0.3 is 14.7 Å². The molecule has 0 aliphatic carbocycles. The standard InChI is InChI=1S/C21H40N6O4/c1-20(2,3)16-26-10-9-25(15-18(28)31-21(4,5)6)11-13-27(14-12-26)17(19(29)30)7-8-23-24-22/h17H,7-16H2,1-6H3,(H,29,30). The van der Waals surface area contributed by atoms with Gasteiger partial charge in [0.15, 0.2) is 0 Å². The van der Waals surface area contributed by atoms with Crippen LogP contribution in [0.3, 0.4) is 0 Å². The van der Waals surface area contributed by atoms with E-state index in [1.54, 1.807) is 0 Å². The lowest BCUT2D eigenvalue weighted by Gasteiger charge is -2.32. The van der Waals surface area contributed by atoms with Gasteiger partial charge in [0.05, 0.1) is 6.54 Å². The minimum absolute atomic E-state index is 0.0998. The van der Waals surface area contributed by atoms with Gasteiger partial charge >= 0.3 is 11.9 Å². The van der Waals surface area contributed by atoms with Gasteiger partial charge in [-0.05, 0) is 38.1 Å². The van der Waals surface area contributed by atoms with Crippen molar-refractivity contribution in [2.75, 3.05) is 58.9 Å². The second-order valence-electron chi connectivity index (χ2n) is 10.3. The van der Waals surface area contributed by atoms with Crippen molar-refractivity contribution in [3.63, 3.8) is 0 Å². The van der Waals surface area contributed by atoms with Gasteiger partial charge in [0.1, 0.15) is 11.6 Å². The summed E-state index contributed by atoms with van der Waals surface area (Å²) >= 11 is 0. The van der Waals surface area contributed by atoms with E-state index in [1.807, 2.05) is 30.6 Å². The van der Waals surface area contributed by atoms with Gasteiger partial charge in [-0.2, -0.15) is 0 Å². The van der Waals surface area contributed by atoms with Gasteiger partial charge in [0.2, 0.25) is 0 Å². The molecule has 1 rings (SSSR count). The van der Waals surface area contributed by atoms with Gasteiger partial charge in [0.25, 0.3) is 0 Å². The zero-order valence-corrected chi connectivity index (χ0v) is 20.0. The molecule has 1 heterocycles. The molecule has 1 fully saturated rings. The SMILES string of the molecule is CC(C)(C)CN1CCN(CC(=O)OC(C)(C)C)CCN(C(CCN=[N+]=[N-])C(=O)O)CC1. The first-order valence-electron chi connectivity index (χ1n) is 10.9. The lowest BCUT2D eigenvalue weighted by molar-refractivity contribution is -0.156. The van der Waals surface area contributed by atoms with Crippen LogP contribution in [0.5, 0.6) is 0 Å². The number of rotatable bonds is 8. The number of nitrogens with zero attached hydrogens (tertiary/aromatic N) is 6. The largest absolute Gasteiger partial charge is 0.480 e. The molecule has 178 valence electrons. The predicted molar refractivity (Wildman–Crippen MR) is 120 cm³/mol. The molecule has 1 N–H and O–H groups in total. The third-order valence-electron chi connectivity index (χ3n) is 4.90. The van der Waals surface area contributed by atoms with E-state index >= 15 is 0 Å². The number of ether oxygens (including phenoxy) is 1. The van der Waals surface area contributed by atoms with Crippen molar-refractivity contribution >= 4 is 11.9 Å². The first kappa shape index (κ1) is 27.2. The topological polar surface area (TPSA) is 122 Å². The van der Waals surface area contributed by atoms with Crippen LogP contribution < -0.4 is 0 Å². The highest BCUT2D eigenvalue weighted by atomic mass is 16.6. The molecule has 0 amide bonds. The molecule has 1 aliphatic rings. The Morgan fingerprint density at radius 1 is 1.03 bits per heavy atom. The molecule has 1 atom stereocenters. The number of aliphatic carboxylic acids is 1. The van der Waals surface area contributed by atoms with E-state index in [-0.39, 0.29) is 30.9 Å². The second-order valence-corrected chi connectivity index (χ2v) is 10.3. The molecule has 31 heavy (non-hydrogen) atoms. The Bertz CT molecular complexity index is 637. The second kappa shape index (κ2) is 12.2. The lowest BCUT2D eigenvalue weighted by Crippen LogP contribution is -2.47. The zero-order chi connectivity index (χ0) is 23.7. The first-order valence-corrected chi connectivity index (χ1v) is 10.9. The monoisotopic (exact) mass is 440 g/mol. The molecule has 10 nitrogen and oxygen atoms in total. The van der Waals surface area contributed by atoms with Crippen LogP contribution in [-0.2, 0) is 14.3 Å². The summed E-state index contributed by atoms with van der Waals surface area (Å²) in [5, 5.41) is 13.3. The predicted octanol–water partition coefficient (Wildman–Crippen LogP) is 2.45. The summed E-state index contributed by atoms with van der Waals surface area (Å²) in [6, 6.07) is -0.733. The maximum absolute atomic E-state index is 12.4.